The van der Waals surface area contributed by atoms with Crippen LogP contribution in [0, 0.1) is 17.3 Å². The van der Waals surface area contributed by atoms with E-state index in [1.54, 1.807) is 0 Å². The third-order valence-electron chi connectivity index (χ3n) is 5.48. The van der Waals surface area contributed by atoms with Crippen LogP contribution in [-0.2, 0) is 0 Å². The molecule has 0 spiro atoms. The summed E-state index contributed by atoms with van der Waals surface area (Å²) in [6.45, 7) is 4.82. The molecule has 1 heterocycles. The molecule has 0 aromatic carbocycles. The lowest BCUT2D eigenvalue weighted by atomic mass is 9.68. The van der Waals surface area contributed by atoms with Crippen LogP contribution in [0.25, 0.3) is 0 Å². The van der Waals surface area contributed by atoms with Crippen molar-refractivity contribution in [2.75, 3.05) is 6.54 Å². The Morgan fingerprint density at radius 1 is 1.53 bits per heavy atom. The van der Waals surface area contributed by atoms with Gasteiger partial charge in [0.1, 0.15) is 6.10 Å². The summed E-state index contributed by atoms with van der Waals surface area (Å²) < 4.78 is 2.08. The van der Waals surface area contributed by atoms with E-state index in [0.29, 0.717) is 18.5 Å². The number of nitrogens with two attached hydrogens (primary N) is 1. The van der Waals surface area contributed by atoms with Crippen molar-refractivity contribution in [3.8, 4) is 0 Å². The van der Waals surface area contributed by atoms with Gasteiger partial charge in [0.15, 0.2) is 0 Å². The Morgan fingerprint density at radius 3 is 2.84 bits per heavy atom. The molecule has 2 bridgehead atoms. The van der Waals surface area contributed by atoms with Crippen LogP contribution in [-0.4, -0.2) is 21.2 Å². The number of hydrogen-bond donors (Lipinski definition) is 2. The zero-order valence-corrected chi connectivity index (χ0v) is 11.9. The number of aliphatic hydroxyl groups excluding tert-OH is 1. The van der Waals surface area contributed by atoms with Crippen LogP contribution >= 0.6 is 0 Å². The molecule has 0 radical (unpaired) electrons. The smallest absolute Gasteiger partial charge is 0.103 e. The van der Waals surface area contributed by atoms with E-state index in [1.807, 2.05) is 12.5 Å². The lowest BCUT2D eigenvalue weighted by Crippen LogP contribution is -2.42. The van der Waals surface area contributed by atoms with E-state index in [1.165, 1.54) is 19.3 Å². The van der Waals surface area contributed by atoms with Crippen LogP contribution in [0.1, 0.15) is 57.4 Å². The van der Waals surface area contributed by atoms with Crippen molar-refractivity contribution < 1.29 is 5.11 Å². The van der Waals surface area contributed by atoms with E-state index in [9.17, 15) is 5.11 Å². The fourth-order valence-electron chi connectivity index (χ4n) is 4.44. The molecule has 0 aliphatic heterocycles. The number of aliphatic hydroxyl groups is 1. The Hall–Kier alpha value is -0.870. The van der Waals surface area contributed by atoms with Crippen molar-refractivity contribution >= 4 is 0 Å². The van der Waals surface area contributed by atoms with Crippen LogP contribution in [0.3, 0.4) is 0 Å². The summed E-state index contributed by atoms with van der Waals surface area (Å²) in [5, 5.41) is 11.0. The topological polar surface area (TPSA) is 64.1 Å². The summed E-state index contributed by atoms with van der Waals surface area (Å²) in [6, 6.07) is 0.320. The molecule has 1 aromatic heterocycles. The molecule has 106 valence electrons. The second-order valence-electron chi connectivity index (χ2n) is 6.74. The van der Waals surface area contributed by atoms with Gasteiger partial charge in [0.05, 0.1) is 18.2 Å². The van der Waals surface area contributed by atoms with Gasteiger partial charge in [-0.05, 0) is 44.9 Å². The zero-order chi connectivity index (χ0) is 13.6. The Morgan fingerprint density at radius 2 is 2.32 bits per heavy atom. The van der Waals surface area contributed by atoms with Crippen molar-refractivity contribution in [1.82, 2.24) is 9.55 Å². The van der Waals surface area contributed by atoms with Crippen molar-refractivity contribution in [2.24, 2.45) is 23.0 Å². The van der Waals surface area contributed by atoms with Crippen LogP contribution in [0.5, 0.6) is 0 Å². The minimum Gasteiger partial charge on any atom is -0.386 e. The molecule has 2 aliphatic carbocycles. The van der Waals surface area contributed by atoms with Gasteiger partial charge in [0.2, 0.25) is 0 Å². The van der Waals surface area contributed by atoms with Crippen molar-refractivity contribution in [1.29, 1.82) is 0 Å². The molecular weight excluding hydrogens is 238 g/mol. The molecule has 19 heavy (non-hydrogen) atoms. The Kier molecular flexibility index (Phi) is 3.18. The highest BCUT2D eigenvalue weighted by Gasteiger charge is 2.54. The maximum Gasteiger partial charge on any atom is 0.103 e. The number of imidazole rings is 1. The average Bonchev–Trinajstić information content (AvgIpc) is 3.11. The SMILES string of the molecule is CC(C)n1cncc1C(O)C1(CN)CC2CCC1C2. The predicted molar refractivity (Wildman–Crippen MR) is 74.5 cm³/mol. The molecule has 1 aromatic rings. The third kappa shape index (κ3) is 1.84. The lowest BCUT2D eigenvalue weighted by molar-refractivity contribution is -0.0183. The number of fused-ring (bicyclic) bond motifs is 2. The molecule has 4 unspecified atom stereocenters. The molecule has 4 heteroatoms. The van der Waals surface area contributed by atoms with E-state index < -0.39 is 6.10 Å². The summed E-state index contributed by atoms with van der Waals surface area (Å²) in [6.07, 6.45) is 8.05. The van der Waals surface area contributed by atoms with Crippen molar-refractivity contribution in [2.45, 2.75) is 51.7 Å². The first-order valence-electron chi connectivity index (χ1n) is 7.48. The summed E-state index contributed by atoms with van der Waals surface area (Å²) >= 11 is 0. The normalized spacial score (nSPS) is 35.2. The number of aromatic nitrogens is 2. The second kappa shape index (κ2) is 4.60. The van der Waals surface area contributed by atoms with Gasteiger partial charge in [-0.15, -0.1) is 0 Å². The summed E-state index contributed by atoms with van der Waals surface area (Å²) in [5.74, 6) is 1.37. The van der Waals surface area contributed by atoms with Gasteiger partial charge in [0.25, 0.3) is 0 Å². The zero-order valence-electron chi connectivity index (χ0n) is 11.9. The van der Waals surface area contributed by atoms with E-state index in [0.717, 1.165) is 18.0 Å². The van der Waals surface area contributed by atoms with E-state index >= 15 is 0 Å². The van der Waals surface area contributed by atoms with Gasteiger partial charge >= 0.3 is 0 Å². The van der Waals surface area contributed by atoms with Gasteiger partial charge in [-0.25, -0.2) is 4.98 Å². The molecule has 2 fully saturated rings. The average molecular weight is 263 g/mol. The summed E-state index contributed by atoms with van der Waals surface area (Å²) in [5.41, 5.74) is 6.92. The highest BCUT2D eigenvalue weighted by atomic mass is 16.3. The van der Waals surface area contributed by atoms with Gasteiger partial charge in [0, 0.05) is 18.0 Å². The van der Waals surface area contributed by atoms with E-state index in [4.69, 9.17) is 5.73 Å². The third-order valence-corrected chi connectivity index (χ3v) is 5.48. The second-order valence-corrected chi connectivity index (χ2v) is 6.74. The highest BCUT2D eigenvalue weighted by Crippen LogP contribution is 2.60. The largest absolute Gasteiger partial charge is 0.386 e. The van der Waals surface area contributed by atoms with Crippen molar-refractivity contribution in [3.63, 3.8) is 0 Å². The number of rotatable bonds is 4. The number of nitrogens with zero attached hydrogens (tertiary/aromatic N) is 2. The first-order valence-corrected chi connectivity index (χ1v) is 7.48. The molecule has 3 N–H and O–H groups in total. The van der Waals surface area contributed by atoms with Gasteiger partial charge in [-0.1, -0.05) is 6.42 Å². The van der Waals surface area contributed by atoms with Crippen LogP contribution in [0.15, 0.2) is 12.5 Å². The van der Waals surface area contributed by atoms with Crippen LogP contribution in [0.2, 0.25) is 0 Å². The maximum absolute atomic E-state index is 11.0. The highest BCUT2D eigenvalue weighted by molar-refractivity contribution is 5.14. The minimum absolute atomic E-state index is 0.115. The first-order chi connectivity index (χ1) is 9.08. The van der Waals surface area contributed by atoms with Gasteiger partial charge in [-0.2, -0.15) is 0 Å². The summed E-state index contributed by atoms with van der Waals surface area (Å²) in [7, 11) is 0. The molecule has 4 nitrogen and oxygen atoms in total. The summed E-state index contributed by atoms with van der Waals surface area (Å²) in [4.78, 5) is 4.23. The molecule has 2 saturated carbocycles. The Bertz CT molecular complexity index is 456. The molecule has 2 aliphatic rings. The van der Waals surface area contributed by atoms with E-state index in [2.05, 4.69) is 23.4 Å². The molecule has 0 amide bonds. The van der Waals surface area contributed by atoms with E-state index in [-0.39, 0.29) is 5.41 Å². The molecule has 4 atom stereocenters. The minimum atomic E-state index is -0.474. The van der Waals surface area contributed by atoms with Crippen LogP contribution in [0.4, 0.5) is 0 Å². The fraction of sp³-hybridized carbons (Fsp3) is 0.800. The standard InChI is InChI=1S/C15H25N3O/c1-10(2)18-9-17-7-13(18)14(19)15(8-16)6-11-3-4-12(15)5-11/h7,9-12,14,19H,3-6,8,16H2,1-2H3. The molecule has 0 saturated heterocycles. The Labute approximate surface area is 115 Å². The van der Waals surface area contributed by atoms with Gasteiger partial charge in [-0.3, -0.25) is 0 Å². The lowest BCUT2D eigenvalue weighted by Gasteiger charge is -2.41. The molecule has 3 rings (SSSR count). The monoisotopic (exact) mass is 263 g/mol. The van der Waals surface area contributed by atoms with Gasteiger partial charge < -0.3 is 15.4 Å². The number of hydrogen-bond acceptors (Lipinski definition) is 3. The molecular formula is C15H25N3O. The maximum atomic E-state index is 11.0. The predicted octanol–water partition coefficient (Wildman–Crippen LogP) is 2.26. The fourth-order valence-corrected chi connectivity index (χ4v) is 4.44. The van der Waals surface area contributed by atoms with Crippen molar-refractivity contribution in [3.05, 3.63) is 18.2 Å². The van der Waals surface area contributed by atoms with Crippen LogP contribution < -0.4 is 5.73 Å². The Balaban J connectivity index is 1.94. The quantitative estimate of drug-likeness (QED) is 0.876. The first kappa shape index (κ1) is 13.1.